The Labute approximate surface area is 170 Å². The summed E-state index contributed by atoms with van der Waals surface area (Å²) in [6.45, 7) is 1.00. The van der Waals surface area contributed by atoms with Crippen LogP contribution in [0.5, 0.6) is 11.5 Å². The number of carbonyl (C=O) groups excluding carboxylic acids is 1. The van der Waals surface area contributed by atoms with Crippen molar-refractivity contribution in [2.45, 2.75) is 23.8 Å². The molecule has 9 heteroatoms. The number of benzene rings is 2. The maximum atomic E-state index is 12.6. The van der Waals surface area contributed by atoms with Gasteiger partial charge in [0.1, 0.15) is 11.5 Å². The van der Waals surface area contributed by atoms with Gasteiger partial charge in [0.15, 0.2) is 0 Å². The van der Waals surface area contributed by atoms with E-state index in [1.165, 1.54) is 24.3 Å². The van der Waals surface area contributed by atoms with E-state index >= 15 is 0 Å². The Morgan fingerprint density at radius 2 is 1.90 bits per heavy atom. The Kier molecular flexibility index (Phi) is 6.41. The normalized spacial score (nSPS) is 17.1. The number of hydrogen-bond acceptors (Lipinski definition) is 6. The van der Waals surface area contributed by atoms with E-state index in [2.05, 4.69) is 10.2 Å². The minimum Gasteiger partial charge on any atom is -0.497 e. The second kappa shape index (κ2) is 8.81. The number of anilines is 1. The highest BCUT2D eigenvalue weighted by atomic mass is 32.2. The molecular weight excluding hydrogens is 394 g/mol. The fourth-order valence-corrected chi connectivity index (χ4v) is 4.10. The number of likely N-dealkylation sites (tertiary alicyclic amines) is 1. The lowest BCUT2D eigenvalue weighted by Crippen LogP contribution is -2.33. The van der Waals surface area contributed by atoms with Crippen LogP contribution < -0.4 is 19.9 Å². The van der Waals surface area contributed by atoms with Crippen LogP contribution in [0.3, 0.4) is 0 Å². The van der Waals surface area contributed by atoms with Gasteiger partial charge >= 0.3 is 0 Å². The van der Waals surface area contributed by atoms with Crippen molar-refractivity contribution in [1.82, 2.24) is 4.90 Å². The van der Waals surface area contributed by atoms with Gasteiger partial charge in [0.25, 0.3) is 0 Å². The Balaban J connectivity index is 1.70. The molecule has 1 amide bonds. The van der Waals surface area contributed by atoms with Crippen molar-refractivity contribution in [3.8, 4) is 11.5 Å². The third-order valence-corrected chi connectivity index (χ3v) is 5.90. The van der Waals surface area contributed by atoms with E-state index in [4.69, 9.17) is 14.6 Å². The molecule has 1 heterocycles. The number of nitrogens with one attached hydrogen (secondary N) is 1. The van der Waals surface area contributed by atoms with Gasteiger partial charge in [0.05, 0.1) is 25.7 Å². The monoisotopic (exact) mass is 419 g/mol. The summed E-state index contributed by atoms with van der Waals surface area (Å²) in [5, 5.41) is 7.89. The maximum Gasteiger partial charge on any atom is 0.238 e. The molecule has 0 saturated carbocycles. The lowest BCUT2D eigenvalue weighted by Gasteiger charge is -2.26. The van der Waals surface area contributed by atoms with Crippen LogP contribution in [-0.2, 0) is 14.8 Å². The quantitative estimate of drug-likeness (QED) is 0.711. The number of amides is 1. The Hall–Kier alpha value is -2.62. The summed E-state index contributed by atoms with van der Waals surface area (Å²) >= 11 is 0. The molecule has 3 N–H and O–H groups in total. The number of nitrogens with two attached hydrogens (primary N) is 1. The number of sulfonamides is 1. The van der Waals surface area contributed by atoms with Gasteiger partial charge in [-0.1, -0.05) is 0 Å². The summed E-state index contributed by atoms with van der Waals surface area (Å²) in [4.78, 5) is 14.7. The van der Waals surface area contributed by atoms with E-state index in [1.54, 1.807) is 14.2 Å². The lowest BCUT2D eigenvalue weighted by molar-refractivity contribution is -0.117. The number of ether oxygens (including phenoxy) is 2. The summed E-state index contributed by atoms with van der Waals surface area (Å²) in [6.07, 6.45) is 1.89. The topological polar surface area (TPSA) is 111 Å². The molecule has 0 aromatic heterocycles. The number of nitrogens with zero attached hydrogens (tertiary/aromatic N) is 1. The van der Waals surface area contributed by atoms with E-state index in [0.717, 1.165) is 36.4 Å². The summed E-state index contributed by atoms with van der Waals surface area (Å²) < 4.78 is 33.5. The van der Waals surface area contributed by atoms with Gasteiger partial charge in [-0.3, -0.25) is 9.69 Å². The molecule has 0 bridgehead atoms. The number of carbonyl (C=O) groups is 1. The van der Waals surface area contributed by atoms with Crippen molar-refractivity contribution < 1.29 is 22.7 Å². The molecule has 156 valence electrons. The summed E-state index contributed by atoms with van der Waals surface area (Å²) in [5.41, 5.74) is 1.51. The Bertz CT molecular complexity index is 976. The molecule has 1 fully saturated rings. The molecule has 2 aromatic carbocycles. The van der Waals surface area contributed by atoms with Crippen LogP contribution in [0.2, 0.25) is 0 Å². The third kappa shape index (κ3) is 5.06. The predicted octanol–water partition coefficient (Wildman–Crippen LogP) is 2.13. The van der Waals surface area contributed by atoms with Gasteiger partial charge in [-0.15, -0.1) is 0 Å². The first-order valence-electron chi connectivity index (χ1n) is 9.20. The van der Waals surface area contributed by atoms with E-state index < -0.39 is 10.0 Å². The van der Waals surface area contributed by atoms with Crippen LogP contribution in [-0.4, -0.2) is 46.5 Å². The van der Waals surface area contributed by atoms with Crippen molar-refractivity contribution >= 4 is 21.6 Å². The molecule has 1 aliphatic heterocycles. The number of primary sulfonamides is 1. The average molecular weight is 420 g/mol. The molecule has 0 spiro atoms. The maximum absolute atomic E-state index is 12.6. The van der Waals surface area contributed by atoms with Crippen molar-refractivity contribution in [3.05, 3.63) is 48.0 Å². The number of hydrogen-bond donors (Lipinski definition) is 2. The second-order valence-corrected chi connectivity index (χ2v) is 8.42. The zero-order valence-corrected chi connectivity index (χ0v) is 17.2. The molecule has 3 rings (SSSR count). The fraction of sp³-hybridized carbons (Fsp3) is 0.350. The Morgan fingerprint density at radius 3 is 2.52 bits per heavy atom. The molecule has 8 nitrogen and oxygen atoms in total. The first kappa shape index (κ1) is 21.1. The van der Waals surface area contributed by atoms with Gasteiger partial charge in [-0.25, -0.2) is 13.6 Å². The van der Waals surface area contributed by atoms with Crippen molar-refractivity contribution in [3.63, 3.8) is 0 Å². The standard InChI is InChI=1S/C20H25N3O5S/c1-27-15-7-10-19(28-2)17(12-15)18-4-3-11-23(18)13-20(24)22-14-5-8-16(9-6-14)29(21,25)26/h5-10,12,18H,3-4,11,13H2,1-2H3,(H,22,24)(H2,21,25,26)/t18-/m0/s1. The molecule has 0 radical (unpaired) electrons. The third-order valence-electron chi connectivity index (χ3n) is 4.97. The van der Waals surface area contributed by atoms with E-state index in [0.29, 0.717) is 5.69 Å². The minimum atomic E-state index is -3.76. The SMILES string of the molecule is COc1ccc(OC)c([C@@H]2CCCN2CC(=O)Nc2ccc(S(N)(=O)=O)cc2)c1. The molecule has 29 heavy (non-hydrogen) atoms. The predicted molar refractivity (Wildman–Crippen MR) is 110 cm³/mol. The van der Waals surface area contributed by atoms with Gasteiger partial charge in [-0.05, 0) is 61.9 Å². The summed E-state index contributed by atoms with van der Waals surface area (Å²) in [7, 11) is -0.515. The van der Waals surface area contributed by atoms with Gasteiger partial charge < -0.3 is 14.8 Å². The van der Waals surface area contributed by atoms with Crippen LogP contribution in [0.1, 0.15) is 24.4 Å². The highest BCUT2D eigenvalue weighted by Crippen LogP contribution is 2.38. The van der Waals surface area contributed by atoms with Crippen LogP contribution in [0.15, 0.2) is 47.4 Å². The molecule has 0 unspecified atom stereocenters. The molecule has 1 atom stereocenters. The van der Waals surface area contributed by atoms with Crippen LogP contribution >= 0.6 is 0 Å². The molecule has 1 aliphatic rings. The molecule has 2 aromatic rings. The second-order valence-electron chi connectivity index (χ2n) is 6.85. The highest BCUT2D eigenvalue weighted by Gasteiger charge is 2.30. The van der Waals surface area contributed by atoms with E-state index in [-0.39, 0.29) is 23.4 Å². The zero-order chi connectivity index (χ0) is 21.0. The van der Waals surface area contributed by atoms with Gasteiger partial charge in [-0.2, -0.15) is 0 Å². The Morgan fingerprint density at radius 1 is 1.17 bits per heavy atom. The number of rotatable bonds is 7. The average Bonchev–Trinajstić information content (AvgIpc) is 3.14. The molecule has 1 saturated heterocycles. The number of methoxy groups -OCH3 is 2. The summed E-state index contributed by atoms with van der Waals surface area (Å²) in [6, 6.07) is 11.5. The molecule has 0 aliphatic carbocycles. The zero-order valence-electron chi connectivity index (χ0n) is 16.4. The van der Waals surface area contributed by atoms with Gasteiger partial charge in [0.2, 0.25) is 15.9 Å². The van der Waals surface area contributed by atoms with Crippen LogP contribution in [0.25, 0.3) is 0 Å². The van der Waals surface area contributed by atoms with E-state index in [1.807, 2.05) is 18.2 Å². The first-order valence-corrected chi connectivity index (χ1v) is 10.7. The van der Waals surface area contributed by atoms with Gasteiger partial charge in [0, 0.05) is 17.3 Å². The van der Waals surface area contributed by atoms with E-state index in [9.17, 15) is 13.2 Å². The van der Waals surface area contributed by atoms with Crippen LogP contribution in [0.4, 0.5) is 5.69 Å². The summed E-state index contributed by atoms with van der Waals surface area (Å²) in [5.74, 6) is 1.33. The van der Waals surface area contributed by atoms with Crippen molar-refractivity contribution in [2.75, 3.05) is 32.6 Å². The highest BCUT2D eigenvalue weighted by molar-refractivity contribution is 7.89. The van der Waals surface area contributed by atoms with Crippen LogP contribution in [0, 0.1) is 0 Å². The molecular formula is C20H25N3O5S. The fourth-order valence-electron chi connectivity index (χ4n) is 3.58. The van der Waals surface area contributed by atoms with Crippen molar-refractivity contribution in [2.24, 2.45) is 5.14 Å². The minimum absolute atomic E-state index is 0.000209. The largest absolute Gasteiger partial charge is 0.497 e. The first-order chi connectivity index (χ1) is 13.8. The smallest absolute Gasteiger partial charge is 0.238 e. The van der Waals surface area contributed by atoms with Crippen molar-refractivity contribution in [1.29, 1.82) is 0 Å². The lowest BCUT2D eigenvalue weighted by atomic mass is 10.0.